The second-order valence-corrected chi connectivity index (χ2v) is 6.73. The smallest absolute Gasteiger partial charge is 0.338 e. The fraction of sp³-hybridized carbons (Fsp3) is 0.364. The number of urea groups is 1. The Balaban J connectivity index is 1.58. The normalized spacial score (nSPS) is 14.4. The molecule has 1 heterocycles. The van der Waals surface area contributed by atoms with Crippen LogP contribution in [0.5, 0.6) is 5.75 Å². The Morgan fingerprint density at radius 1 is 1.11 bits per heavy atom. The van der Waals surface area contributed by atoms with E-state index in [4.69, 9.17) is 9.47 Å². The Morgan fingerprint density at radius 2 is 1.86 bits per heavy atom. The number of carbonyl (C=O) groups excluding carboxylic acids is 2. The van der Waals surface area contributed by atoms with Gasteiger partial charge in [0.2, 0.25) is 0 Å². The van der Waals surface area contributed by atoms with Gasteiger partial charge in [0.1, 0.15) is 5.75 Å². The van der Waals surface area contributed by atoms with Gasteiger partial charge in [-0.3, -0.25) is 0 Å². The van der Waals surface area contributed by atoms with Crippen LogP contribution >= 0.6 is 0 Å². The molecular weight excluding hydrogens is 356 g/mol. The summed E-state index contributed by atoms with van der Waals surface area (Å²) in [6.45, 7) is 3.42. The van der Waals surface area contributed by atoms with Gasteiger partial charge in [-0.25, -0.2) is 9.59 Å². The molecule has 1 N–H and O–H groups in total. The maximum atomic E-state index is 12.6. The zero-order valence-electron chi connectivity index (χ0n) is 16.3. The largest absolute Gasteiger partial charge is 0.496 e. The summed E-state index contributed by atoms with van der Waals surface area (Å²) in [5.74, 6) is 0.893. The molecule has 2 aromatic rings. The Bertz CT molecular complexity index is 829. The van der Waals surface area contributed by atoms with Crippen molar-refractivity contribution >= 4 is 17.7 Å². The molecule has 3 rings (SSSR count). The van der Waals surface area contributed by atoms with Crippen molar-refractivity contribution in [2.24, 2.45) is 0 Å². The molecule has 0 unspecified atom stereocenters. The van der Waals surface area contributed by atoms with Gasteiger partial charge in [-0.1, -0.05) is 24.3 Å². The highest BCUT2D eigenvalue weighted by molar-refractivity contribution is 5.94. The van der Waals surface area contributed by atoms with Crippen LogP contribution in [0.3, 0.4) is 0 Å². The Hall–Kier alpha value is -3.02. The fourth-order valence-corrected chi connectivity index (χ4v) is 3.54. The van der Waals surface area contributed by atoms with E-state index >= 15 is 0 Å². The second-order valence-electron chi connectivity index (χ2n) is 6.73. The van der Waals surface area contributed by atoms with Crippen LogP contribution in [0.4, 0.5) is 10.5 Å². The number of rotatable bonds is 5. The van der Waals surface area contributed by atoms with Crippen molar-refractivity contribution in [1.29, 1.82) is 0 Å². The number of anilines is 1. The molecule has 2 amide bonds. The lowest BCUT2D eigenvalue weighted by Crippen LogP contribution is -2.40. The third-order valence-electron chi connectivity index (χ3n) is 4.99. The highest BCUT2D eigenvalue weighted by Crippen LogP contribution is 2.34. The molecule has 6 heteroatoms. The summed E-state index contributed by atoms with van der Waals surface area (Å²) in [6.07, 6.45) is 1.77. The van der Waals surface area contributed by atoms with E-state index in [-0.39, 0.29) is 6.03 Å². The minimum absolute atomic E-state index is 0.153. The van der Waals surface area contributed by atoms with E-state index in [0.717, 1.165) is 18.6 Å². The topological polar surface area (TPSA) is 67.9 Å². The van der Waals surface area contributed by atoms with Crippen molar-refractivity contribution in [3.8, 4) is 5.75 Å². The van der Waals surface area contributed by atoms with Gasteiger partial charge in [-0.05, 0) is 55.5 Å². The molecule has 6 nitrogen and oxygen atoms in total. The maximum Gasteiger partial charge on any atom is 0.338 e. The Morgan fingerprint density at radius 3 is 2.57 bits per heavy atom. The average molecular weight is 382 g/mol. The zero-order chi connectivity index (χ0) is 19.9. The third-order valence-corrected chi connectivity index (χ3v) is 4.99. The summed E-state index contributed by atoms with van der Waals surface area (Å²) in [5.41, 5.74) is 2.21. The first-order valence-corrected chi connectivity index (χ1v) is 9.58. The number of piperidine rings is 1. The van der Waals surface area contributed by atoms with E-state index in [1.165, 1.54) is 5.56 Å². The van der Waals surface area contributed by atoms with Crippen molar-refractivity contribution < 1.29 is 19.1 Å². The van der Waals surface area contributed by atoms with Gasteiger partial charge in [-0.2, -0.15) is 0 Å². The average Bonchev–Trinajstić information content (AvgIpc) is 2.74. The van der Waals surface area contributed by atoms with Gasteiger partial charge in [-0.15, -0.1) is 0 Å². The number of methoxy groups -OCH3 is 1. The number of amides is 2. The van der Waals surface area contributed by atoms with Crippen LogP contribution in [0, 0.1) is 0 Å². The minimum Gasteiger partial charge on any atom is -0.496 e. The SMILES string of the molecule is CCOC(=O)c1cccc(NC(=O)N2CCC(c3ccccc3OC)CC2)c1. The van der Waals surface area contributed by atoms with Crippen molar-refractivity contribution in [2.45, 2.75) is 25.7 Å². The number of carbonyl (C=O) groups is 2. The number of likely N-dealkylation sites (tertiary alicyclic amines) is 1. The molecule has 1 aliphatic heterocycles. The van der Waals surface area contributed by atoms with Gasteiger partial charge in [0, 0.05) is 18.8 Å². The molecular formula is C22H26N2O4. The van der Waals surface area contributed by atoms with E-state index in [2.05, 4.69) is 11.4 Å². The summed E-state index contributed by atoms with van der Waals surface area (Å²) in [6, 6.07) is 14.7. The number of ether oxygens (including phenoxy) is 2. The van der Waals surface area contributed by atoms with Crippen LogP contribution < -0.4 is 10.1 Å². The monoisotopic (exact) mass is 382 g/mol. The molecule has 0 aliphatic carbocycles. The lowest BCUT2D eigenvalue weighted by molar-refractivity contribution is 0.0526. The fourth-order valence-electron chi connectivity index (χ4n) is 3.54. The second kappa shape index (κ2) is 9.26. The lowest BCUT2D eigenvalue weighted by atomic mass is 9.89. The number of nitrogens with one attached hydrogen (secondary N) is 1. The minimum atomic E-state index is -0.392. The van der Waals surface area contributed by atoms with Crippen LogP contribution in [0.15, 0.2) is 48.5 Å². The number of esters is 1. The van der Waals surface area contributed by atoms with E-state index in [1.807, 2.05) is 23.1 Å². The van der Waals surface area contributed by atoms with Crippen LogP contribution in [-0.2, 0) is 4.74 Å². The first-order valence-electron chi connectivity index (χ1n) is 9.58. The van der Waals surface area contributed by atoms with E-state index in [0.29, 0.717) is 36.9 Å². The molecule has 0 saturated carbocycles. The molecule has 28 heavy (non-hydrogen) atoms. The summed E-state index contributed by atoms with van der Waals surface area (Å²) < 4.78 is 10.5. The quantitative estimate of drug-likeness (QED) is 0.784. The predicted octanol–water partition coefficient (Wildman–Crippen LogP) is 4.28. The zero-order valence-corrected chi connectivity index (χ0v) is 16.3. The molecule has 2 aromatic carbocycles. The molecule has 0 aromatic heterocycles. The number of para-hydroxylation sites is 1. The van der Waals surface area contributed by atoms with Gasteiger partial charge in [0.15, 0.2) is 0 Å². The van der Waals surface area contributed by atoms with Gasteiger partial charge >= 0.3 is 12.0 Å². The maximum absolute atomic E-state index is 12.6. The number of benzene rings is 2. The summed E-state index contributed by atoms with van der Waals surface area (Å²) in [4.78, 5) is 26.3. The number of hydrogen-bond donors (Lipinski definition) is 1. The highest BCUT2D eigenvalue weighted by atomic mass is 16.5. The van der Waals surface area contributed by atoms with E-state index < -0.39 is 5.97 Å². The van der Waals surface area contributed by atoms with Crippen molar-refractivity contribution in [3.05, 3.63) is 59.7 Å². The molecule has 148 valence electrons. The molecule has 0 bridgehead atoms. The molecule has 1 fully saturated rings. The van der Waals surface area contributed by atoms with Crippen molar-refractivity contribution in [2.75, 3.05) is 32.1 Å². The third kappa shape index (κ3) is 4.63. The van der Waals surface area contributed by atoms with Gasteiger partial charge in [0.25, 0.3) is 0 Å². The highest BCUT2D eigenvalue weighted by Gasteiger charge is 2.25. The molecule has 0 atom stereocenters. The number of nitrogens with zero attached hydrogens (tertiary/aromatic N) is 1. The summed E-state index contributed by atoms with van der Waals surface area (Å²) >= 11 is 0. The van der Waals surface area contributed by atoms with Crippen molar-refractivity contribution in [3.63, 3.8) is 0 Å². The molecule has 1 saturated heterocycles. The van der Waals surface area contributed by atoms with E-state index in [9.17, 15) is 9.59 Å². The summed E-state index contributed by atoms with van der Waals surface area (Å²) in [5, 5.41) is 2.88. The first kappa shape index (κ1) is 19.7. The molecule has 0 radical (unpaired) electrons. The van der Waals surface area contributed by atoms with Gasteiger partial charge < -0.3 is 19.7 Å². The van der Waals surface area contributed by atoms with Crippen LogP contribution in [0.25, 0.3) is 0 Å². The van der Waals surface area contributed by atoms with Crippen LogP contribution in [-0.4, -0.2) is 43.7 Å². The van der Waals surface area contributed by atoms with Crippen LogP contribution in [0.1, 0.15) is 41.6 Å². The molecule has 1 aliphatic rings. The van der Waals surface area contributed by atoms with Crippen LogP contribution in [0.2, 0.25) is 0 Å². The lowest BCUT2D eigenvalue weighted by Gasteiger charge is -2.32. The first-order chi connectivity index (χ1) is 13.6. The van der Waals surface area contributed by atoms with E-state index in [1.54, 1.807) is 38.3 Å². The molecule has 0 spiro atoms. The Kier molecular flexibility index (Phi) is 6.53. The predicted molar refractivity (Wildman–Crippen MR) is 108 cm³/mol. The van der Waals surface area contributed by atoms with Crippen molar-refractivity contribution in [1.82, 2.24) is 4.90 Å². The standard InChI is InChI=1S/C22H26N2O4/c1-3-28-21(25)17-7-6-8-18(15-17)23-22(26)24-13-11-16(12-14-24)19-9-4-5-10-20(19)27-2/h4-10,15-16H,3,11-14H2,1-2H3,(H,23,26). The Labute approximate surface area is 165 Å². The summed E-state index contributed by atoms with van der Waals surface area (Å²) in [7, 11) is 1.69. The number of hydrogen-bond acceptors (Lipinski definition) is 4. The van der Waals surface area contributed by atoms with Gasteiger partial charge in [0.05, 0.1) is 19.3 Å².